The first-order valence-corrected chi connectivity index (χ1v) is 19.6. The summed E-state index contributed by atoms with van der Waals surface area (Å²) in [4.78, 5) is 25.4. The summed E-state index contributed by atoms with van der Waals surface area (Å²) in [6.45, 7) is 18.2. The molecule has 45 heavy (non-hydrogen) atoms. The summed E-state index contributed by atoms with van der Waals surface area (Å²) in [5.74, 6) is 0.126. The Kier molecular flexibility index (Phi) is 13.4. The zero-order valence-electron chi connectivity index (χ0n) is 28.9. The van der Waals surface area contributed by atoms with Gasteiger partial charge in [-0.1, -0.05) is 115 Å². The van der Waals surface area contributed by atoms with Crippen LogP contribution in [0.15, 0.2) is 85.0 Å². The molecule has 0 unspecified atom stereocenters. The van der Waals surface area contributed by atoms with Crippen molar-refractivity contribution in [1.82, 2.24) is 0 Å². The van der Waals surface area contributed by atoms with Crippen LogP contribution in [0.1, 0.15) is 91.2 Å². The summed E-state index contributed by atoms with van der Waals surface area (Å²) in [6.07, 6.45) is 11.8. The first-order chi connectivity index (χ1) is 21.2. The zero-order valence-corrected chi connectivity index (χ0v) is 29.9. The number of esters is 2. The number of ether oxygens (including phenoxy) is 2. The Morgan fingerprint density at radius 2 is 1.56 bits per heavy atom. The van der Waals surface area contributed by atoms with Crippen LogP contribution in [0.2, 0.25) is 18.1 Å². The van der Waals surface area contributed by atoms with Gasteiger partial charge in [-0.3, -0.25) is 0 Å². The summed E-state index contributed by atoms with van der Waals surface area (Å²) >= 11 is 0. The molecule has 0 aliphatic heterocycles. The fourth-order valence-electron chi connectivity index (χ4n) is 5.88. The van der Waals surface area contributed by atoms with Crippen molar-refractivity contribution < 1.29 is 23.5 Å². The van der Waals surface area contributed by atoms with Crippen molar-refractivity contribution >= 4 is 20.3 Å². The van der Waals surface area contributed by atoms with Gasteiger partial charge >= 0.3 is 11.9 Å². The lowest BCUT2D eigenvalue weighted by Crippen LogP contribution is -2.44. The van der Waals surface area contributed by atoms with Gasteiger partial charge in [-0.25, -0.2) is 9.59 Å². The van der Waals surface area contributed by atoms with Crippen LogP contribution in [-0.4, -0.2) is 32.5 Å². The molecule has 0 amide bonds. The number of hydrogen-bond acceptors (Lipinski definition) is 5. The maximum absolute atomic E-state index is 13.3. The van der Waals surface area contributed by atoms with Gasteiger partial charge in [0.05, 0.1) is 6.10 Å². The number of carbonyl (C=O) groups excluding carboxylic acids is 2. The molecular formula is C39H56O5Si. The summed E-state index contributed by atoms with van der Waals surface area (Å²) in [6, 6.07) is 20.2. The van der Waals surface area contributed by atoms with E-state index in [1.54, 1.807) is 6.08 Å². The third kappa shape index (κ3) is 11.4. The van der Waals surface area contributed by atoms with Crippen molar-refractivity contribution in [2.24, 2.45) is 11.8 Å². The Morgan fingerprint density at radius 1 is 0.911 bits per heavy atom. The van der Waals surface area contributed by atoms with Gasteiger partial charge < -0.3 is 13.9 Å². The lowest BCUT2D eigenvalue weighted by atomic mass is 9.64. The molecule has 0 bridgehead atoms. The van der Waals surface area contributed by atoms with Crippen molar-refractivity contribution in [1.29, 1.82) is 0 Å². The number of rotatable bonds is 14. The van der Waals surface area contributed by atoms with E-state index in [2.05, 4.69) is 78.9 Å². The van der Waals surface area contributed by atoms with E-state index >= 15 is 0 Å². The van der Waals surface area contributed by atoms with Crippen LogP contribution in [0.4, 0.5) is 0 Å². The van der Waals surface area contributed by atoms with Gasteiger partial charge in [0.2, 0.25) is 0 Å². The molecule has 0 aromatic heterocycles. The predicted molar refractivity (Wildman–Crippen MR) is 186 cm³/mol. The molecule has 2 aromatic rings. The summed E-state index contributed by atoms with van der Waals surface area (Å²) in [5.41, 5.74) is 2.14. The molecule has 0 radical (unpaired) electrons. The Labute approximate surface area is 273 Å². The van der Waals surface area contributed by atoms with Crippen LogP contribution in [-0.2, 0) is 35.5 Å². The highest BCUT2D eigenvalue weighted by Crippen LogP contribution is 2.44. The topological polar surface area (TPSA) is 61.8 Å². The van der Waals surface area contributed by atoms with Gasteiger partial charge in [0, 0.05) is 18.1 Å². The molecule has 0 N–H and O–H groups in total. The molecule has 1 fully saturated rings. The maximum atomic E-state index is 13.3. The average molecular weight is 633 g/mol. The number of unbranched alkanes of at least 4 members (excludes halogenated alkanes) is 1. The van der Waals surface area contributed by atoms with E-state index in [-0.39, 0.29) is 47.1 Å². The molecule has 1 saturated carbocycles. The summed E-state index contributed by atoms with van der Waals surface area (Å²) in [7, 11) is -2.09. The zero-order chi connectivity index (χ0) is 33.1. The smallest absolute Gasteiger partial charge is 0.330 e. The molecule has 0 saturated heterocycles. The number of carbonyl (C=O) groups is 2. The number of allylic oxidation sites excluding steroid dienone is 1. The van der Waals surface area contributed by atoms with Crippen molar-refractivity contribution in [2.75, 3.05) is 0 Å². The van der Waals surface area contributed by atoms with Gasteiger partial charge in [-0.15, -0.1) is 0 Å². The van der Waals surface area contributed by atoms with E-state index in [4.69, 9.17) is 13.9 Å². The molecule has 0 spiro atoms. The largest absolute Gasteiger partial charge is 0.459 e. The van der Waals surface area contributed by atoms with Gasteiger partial charge in [0.25, 0.3) is 0 Å². The molecule has 6 heteroatoms. The van der Waals surface area contributed by atoms with E-state index in [9.17, 15) is 9.59 Å². The highest BCUT2D eigenvalue weighted by Gasteiger charge is 2.42. The third-order valence-electron chi connectivity index (χ3n) is 9.80. The SMILES string of the molecule is C[C@@H]1CC[C@@H](C(C)(C)c2ccccc2)[C@H](OC(=O)/C=C/[C@@H](CCC/C=C/C(=O)OCc2ccccc2)O[Si](C)(C)C(C)(C)C)C1. The van der Waals surface area contributed by atoms with Crippen molar-refractivity contribution in [3.8, 4) is 0 Å². The Balaban J connectivity index is 1.62. The molecule has 1 aliphatic carbocycles. The summed E-state index contributed by atoms with van der Waals surface area (Å²) in [5, 5.41) is 0.0382. The lowest BCUT2D eigenvalue weighted by Gasteiger charge is -2.43. The van der Waals surface area contributed by atoms with Crippen LogP contribution >= 0.6 is 0 Å². The fraction of sp³-hybridized carbons (Fsp3) is 0.538. The molecule has 0 heterocycles. The highest BCUT2D eigenvalue weighted by atomic mass is 28.4. The van der Waals surface area contributed by atoms with Gasteiger partial charge in [-0.05, 0) is 78.8 Å². The van der Waals surface area contributed by atoms with E-state index in [0.29, 0.717) is 12.3 Å². The minimum absolute atomic E-state index is 0.0382. The minimum atomic E-state index is -2.09. The van der Waals surface area contributed by atoms with Crippen LogP contribution in [0.25, 0.3) is 0 Å². The second-order valence-corrected chi connectivity index (χ2v) is 19.5. The van der Waals surface area contributed by atoms with Gasteiger partial charge in [0.15, 0.2) is 8.32 Å². The molecule has 246 valence electrons. The Morgan fingerprint density at radius 3 is 2.20 bits per heavy atom. The predicted octanol–water partition coefficient (Wildman–Crippen LogP) is 9.73. The fourth-order valence-corrected chi connectivity index (χ4v) is 7.19. The van der Waals surface area contributed by atoms with E-state index in [1.165, 1.54) is 11.6 Å². The molecular weight excluding hydrogens is 577 g/mol. The van der Waals surface area contributed by atoms with Crippen LogP contribution in [0, 0.1) is 11.8 Å². The molecule has 1 aliphatic rings. The van der Waals surface area contributed by atoms with E-state index in [1.807, 2.05) is 48.6 Å². The third-order valence-corrected chi connectivity index (χ3v) is 14.3. The lowest BCUT2D eigenvalue weighted by molar-refractivity contribution is -0.150. The van der Waals surface area contributed by atoms with Crippen molar-refractivity contribution in [2.45, 2.75) is 122 Å². The van der Waals surface area contributed by atoms with Crippen LogP contribution in [0.5, 0.6) is 0 Å². The molecule has 5 nitrogen and oxygen atoms in total. The molecule has 3 rings (SSSR count). The first-order valence-electron chi connectivity index (χ1n) is 16.7. The second kappa shape index (κ2) is 16.6. The van der Waals surface area contributed by atoms with Gasteiger partial charge in [0.1, 0.15) is 12.7 Å². The normalized spacial score (nSPS) is 20.3. The van der Waals surface area contributed by atoms with Crippen molar-refractivity contribution in [3.05, 3.63) is 96.1 Å². The Hall–Kier alpha value is -2.96. The monoisotopic (exact) mass is 632 g/mol. The molecule has 4 atom stereocenters. The quantitative estimate of drug-likeness (QED) is 0.0898. The minimum Gasteiger partial charge on any atom is -0.459 e. The average Bonchev–Trinajstić information content (AvgIpc) is 2.98. The summed E-state index contributed by atoms with van der Waals surface area (Å²) < 4.78 is 18.3. The van der Waals surface area contributed by atoms with Crippen molar-refractivity contribution in [3.63, 3.8) is 0 Å². The van der Waals surface area contributed by atoms with Gasteiger partial charge in [-0.2, -0.15) is 0 Å². The maximum Gasteiger partial charge on any atom is 0.330 e. The second-order valence-electron chi connectivity index (χ2n) is 14.8. The van der Waals surface area contributed by atoms with Crippen LogP contribution < -0.4 is 0 Å². The number of hydrogen-bond donors (Lipinski definition) is 0. The van der Waals surface area contributed by atoms with Crippen LogP contribution in [0.3, 0.4) is 0 Å². The molecule has 2 aromatic carbocycles. The van der Waals surface area contributed by atoms with E-state index < -0.39 is 8.32 Å². The Bertz CT molecular complexity index is 1260. The van der Waals surface area contributed by atoms with E-state index in [0.717, 1.165) is 37.7 Å². The highest BCUT2D eigenvalue weighted by molar-refractivity contribution is 6.74. The first kappa shape index (κ1) is 36.5. The number of benzene rings is 2. The standard InChI is InChI=1S/C39H56O5Si/c1-30-24-26-34(39(5,6)32-20-14-10-15-21-32)35(28-30)43-37(41)27-25-33(44-45(7,8)38(2,3)4)22-16-11-17-23-36(40)42-29-31-18-12-9-13-19-31/h9-10,12-15,17-21,23,25,27,30,33-35H,11,16,22,24,26,28-29H2,1-8H3/b23-17+,27-25+/t30-,33-,34-,35-/m1/s1.